The molecule has 1 saturated heterocycles. The first-order chi connectivity index (χ1) is 14.6. The lowest BCUT2D eigenvalue weighted by atomic mass is 9.78. The summed E-state index contributed by atoms with van der Waals surface area (Å²) < 4.78 is 39.3. The molecule has 1 aliphatic rings. The van der Waals surface area contributed by atoms with Crippen LogP contribution in [0, 0.1) is 17.6 Å². The third-order valence-corrected chi connectivity index (χ3v) is 5.86. The molecule has 9 heteroatoms. The van der Waals surface area contributed by atoms with Gasteiger partial charge in [0.25, 0.3) is 5.91 Å². The highest BCUT2D eigenvalue weighted by molar-refractivity contribution is 5.95. The molecule has 0 bridgehead atoms. The van der Waals surface area contributed by atoms with Gasteiger partial charge in [0.1, 0.15) is 12.2 Å². The fourth-order valence-corrected chi connectivity index (χ4v) is 3.88. The minimum atomic E-state index is -1.18. The van der Waals surface area contributed by atoms with Gasteiger partial charge in [-0.05, 0) is 38.0 Å². The summed E-state index contributed by atoms with van der Waals surface area (Å²) in [6.07, 6.45) is -0.803. The number of nitrogens with zero attached hydrogens (tertiary/aromatic N) is 1. The van der Waals surface area contributed by atoms with Crippen molar-refractivity contribution in [1.29, 1.82) is 0 Å². The molecule has 3 N–H and O–H groups in total. The predicted octanol–water partition coefficient (Wildman–Crippen LogP) is 2.93. The molecule has 1 aromatic heterocycles. The highest BCUT2D eigenvalue weighted by atomic mass is 19.2. The third-order valence-electron chi connectivity index (χ3n) is 5.86. The summed E-state index contributed by atoms with van der Waals surface area (Å²) in [7, 11) is 1.24. The number of aromatic nitrogens is 1. The van der Waals surface area contributed by atoms with E-state index in [1.807, 2.05) is 20.8 Å². The number of anilines is 1. The van der Waals surface area contributed by atoms with Gasteiger partial charge in [0, 0.05) is 23.4 Å². The van der Waals surface area contributed by atoms with E-state index in [9.17, 15) is 18.7 Å². The summed E-state index contributed by atoms with van der Waals surface area (Å²) in [5.41, 5.74) is 0.157. The number of halogens is 2. The Labute approximate surface area is 179 Å². The van der Waals surface area contributed by atoms with Crippen molar-refractivity contribution in [2.45, 2.75) is 44.5 Å². The van der Waals surface area contributed by atoms with E-state index in [0.717, 1.165) is 6.07 Å². The van der Waals surface area contributed by atoms with Crippen LogP contribution in [0.5, 0.6) is 5.75 Å². The maximum Gasteiger partial charge on any atom is 0.254 e. The van der Waals surface area contributed by atoms with Gasteiger partial charge >= 0.3 is 0 Å². The molecule has 168 valence electrons. The lowest BCUT2D eigenvalue weighted by Gasteiger charge is -2.25. The largest absolute Gasteiger partial charge is 0.493 e. The summed E-state index contributed by atoms with van der Waals surface area (Å²) in [5.74, 6) is -3.75. The molecule has 0 saturated carbocycles. The highest BCUT2D eigenvalue weighted by Gasteiger charge is 2.51. The third kappa shape index (κ3) is 4.39. The van der Waals surface area contributed by atoms with Gasteiger partial charge in [-0.25, -0.2) is 4.39 Å². The molecule has 1 unspecified atom stereocenters. The van der Waals surface area contributed by atoms with Crippen molar-refractivity contribution < 1.29 is 33.3 Å². The highest BCUT2D eigenvalue weighted by Crippen LogP contribution is 2.49. The molecule has 1 aliphatic heterocycles. The monoisotopic (exact) mass is 436 g/mol. The molecule has 1 fully saturated rings. The molecule has 4 atom stereocenters. The van der Waals surface area contributed by atoms with Crippen molar-refractivity contribution in [2.75, 3.05) is 19.0 Å². The molecule has 0 spiro atoms. The predicted molar refractivity (Wildman–Crippen MR) is 109 cm³/mol. The van der Waals surface area contributed by atoms with Gasteiger partial charge in [0.2, 0.25) is 5.82 Å². The van der Waals surface area contributed by atoms with E-state index in [2.05, 4.69) is 10.3 Å². The number of rotatable bonds is 6. The van der Waals surface area contributed by atoms with Gasteiger partial charge < -0.3 is 25.0 Å². The van der Waals surface area contributed by atoms with E-state index in [4.69, 9.17) is 14.6 Å². The second kappa shape index (κ2) is 8.86. The zero-order chi connectivity index (χ0) is 22.9. The van der Waals surface area contributed by atoms with Crippen LogP contribution in [0.2, 0.25) is 0 Å². The standard InChI is InChI=1S/C22H26F2N2O5/c1-11-17(13-5-6-14(23)18(24)19(13)30-4)20(31-22(11,2)3)21(29)26-12-7-8-25-15(9-12)16(28)10-27/h5-9,11,16-17,20,27-28H,10H2,1-4H3,(H,25,26,29)/t11-,16?,17+,20-/m1/s1. The molecule has 0 aliphatic carbocycles. The number of aliphatic hydroxyl groups is 2. The van der Waals surface area contributed by atoms with E-state index in [1.165, 1.54) is 31.5 Å². The number of benzene rings is 1. The van der Waals surface area contributed by atoms with Crippen LogP contribution in [-0.2, 0) is 9.53 Å². The van der Waals surface area contributed by atoms with Crippen LogP contribution in [0.15, 0.2) is 30.5 Å². The van der Waals surface area contributed by atoms with Gasteiger partial charge in [-0.15, -0.1) is 0 Å². The van der Waals surface area contributed by atoms with E-state index < -0.39 is 47.9 Å². The fraction of sp³-hybridized carbons (Fsp3) is 0.455. The topological polar surface area (TPSA) is 101 Å². The minimum Gasteiger partial charge on any atom is -0.493 e. The first-order valence-corrected chi connectivity index (χ1v) is 9.86. The lowest BCUT2D eigenvalue weighted by molar-refractivity contribution is -0.131. The van der Waals surface area contributed by atoms with E-state index >= 15 is 0 Å². The number of nitrogens with one attached hydrogen (secondary N) is 1. The zero-order valence-electron chi connectivity index (χ0n) is 17.7. The van der Waals surface area contributed by atoms with Gasteiger partial charge in [-0.3, -0.25) is 9.78 Å². The summed E-state index contributed by atoms with van der Waals surface area (Å²) in [6.45, 7) is 5.01. The van der Waals surface area contributed by atoms with Crippen molar-refractivity contribution in [3.63, 3.8) is 0 Å². The Balaban J connectivity index is 1.96. The number of carbonyl (C=O) groups excluding carboxylic acids is 1. The smallest absolute Gasteiger partial charge is 0.254 e. The Kier molecular flexibility index (Phi) is 6.59. The molecule has 1 aromatic carbocycles. The zero-order valence-corrected chi connectivity index (χ0v) is 17.7. The maximum absolute atomic E-state index is 14.4. The second-order valence-electron chi connectivity index (χ2n) is 8.10. The summed E-state index contributed by atoms with van der Waals surface area (Å²) in [6, 6.07) is 5.38. The second-order valence-corrected chi connectivity index (χ2v) is 8.10. The molecular formula is C22H26F2N2O5. The number of methoxy groups -OCH3 is 1. The van der Waals surface area contributed by atoms with Crippen molar-refractivity contribution in [1.82, 2.24) is 4.98 Å². The Hall–Kier alpha value is -2.62. The fourth-order valence-electron chi connectivity index (χ4n) is 3.88. The van der Waals surface area contributed by atoms with Gasteiger partial charge in [-0.2, -0.15) is 4.39 Å². The molecular weight excluding hydrogens is 410 g/mol. The van der Waals surface area contributed by atoms with Crippen molar-refractivity contribution in [3.05, 3.63) is 53.4 Å². The Bertz CT molecular complexity index is 969. The lowest BCUT2D eigenvalue weighted by Crippen LogP contribution is -2.33. The number of pyridine rings is 1. The summed E-state index contributed by atoms with van der Waals surface area (Å²) >= 11 is 0. The normalized spacial score (nSPS) is 23.4. The molecule has 2 heterocycles. The van der Waals surface area contributed by atoms with Gasteiger partial charge in [-0.1, -0.05) is 13.0 Å². The summed E-state index contributed by atoms with van der Waals surface area (Å²) in [5, 5.41) is 21.6. The molecule has 1 amide bonds. The number of aliphatic hydroxyl groups excluding tert-OH is 2. The average molecular weight is 436 g/mol. The van der Waals surface area contributed by atoms with Crippen LogP contribution in [-0.4, -0.2) is 46.5 Å². The number of ether oxygens (including phenoxy) is 2. The van der Waals surface area contributed by atoms with E-state index in [1.54, 1.807) is 0 Å². The van der Waals surface area contributed by atoms with Crippen LogP contribution >= 0.6 is 0 Å². The molecule has 3 rings (SSSR count). The quantitative estimate of drug-likeness (QED) is 0.644. The van der Waals surface area contributed by atoms with E-state index in [-0.39, 0.29) is 17.4 Å². The first-order valence-electron chi connectivity index (χ1n) is 9.86. The average Bonchev–Trinajstić information content (AvgIpc) is 2.99. The Morgan fingerprint density at radius 1 is 1.35 bits per heavy atom. The van der Waals surface area contributed by atoms with Crippen LogP contribution in [0.1, 0.15) is 44.1 Å². The molecule has 2 aromatic rings. The molecule has 31 heavy (non-hydrogen) atoms. The number of hydrogen-bond donors (Lipinski definition) is 3. The van der Waals surface area contributed by atoms with Crippen molar-refractivity contribution in [2.24, 2.45) is 5.92 Å². The van der Waals surface area contributed by atoms with Gasteiger partial charge in [0.15, 0.2) is 11.6 Å². The maximum atomic E-state index is 14.4. The van der Waals surface area contributed by atoms with Crippen LogP contribution < -0.4 is 10.1 Å². The van der Waals surface area contributed by atoms with E-state index in [0.29, 0.717) is 11.3 Å². The van der Waals surface area contributed by atoms with Gasteiger partial charge in [0.05, 0.1) is 25.0 Å². The number of amides is 1. The Morgan fingerprint density at radius 3 is 2.71 bits per heavy atom. The minimum absolute atomic E-state index is 0.195. The first kappa shape index (κ1) is 23.1. The van der Waals surface area contributed by atoms with Crippen molar-refractivity contribution in [3.8, 4) is 5.75 Å². The number of hydrogen-bond acceptors (Lipinski definition) is 6. The SMILES string of the molecule is COc1c([C@@H]2[C@@H](C)C(C)(C)O[C@H]2C(=O)Nc2ccnc(C(O)CO)c2)ccc(F)c1F. The van der Waals surface area contributed by atoms with Crippen LogP contribution in [0.4, 0.5) is 14.5 Å². The van der Waals surface area contributed by atoms with Crippen LogP contribution in [0.25, 0.3) is 0 Å². The molecule has 7 nitrogen and oxygen atoms in total. The Morgan fingerprint density at radius 2 is 2.06 bits per heavy atom. The van der Waals surface area contributed by atoms with Crippen molar-refractivity contribution >= 4 is 11.6 Å². The van der Waals surface area contributed by atoms with Crippen LogP contribution in [0.3, 0.4) is 0 Å². The molecule has 0 radical (unpaired) electrons. The summed E-state index contributed by atoms with van der Waals surface area (Å²) in [4.78, 5) is 17.1. The number of carbonyl (C=O) groups is 1.